The van der Waals surface area contributed by atoms with Gasteiger partial charge >= 0.3 is 5.97 Å². The van der Waals surface area contributed by atoms with Gasteiger partial charge in [-0.3, -0.25) is 4.79 Å². The Labute approximate surface area is 117 Å². The van der Waals surface area contributed by atoms with Crippen molar-refractivity contribution in [1.29, 1.82) is 0 Å². The number of carbonyl (C=O) groups is 2. The van der Waals surface area contributed by atoms with E-state index in [-0.39, 0.29) is 23.9 Å². The molecule has 0 radical (unpaired) electrons. The van der Waals surface area contributed by atoms with Crippen molar-refractivity contribution in [2.75, 3.05) is 5.88 Å². The lowest BCUT2D eigenvalue weighted by molar-refractivity contribution is -0.193. The van der Waals surface area contributed by atoms with Crippen LogP contribution in [0.15, 0.2) is 12.2 Å². The highest BCUT2D eigenvalue weighted by Crippen LogP contribution is 2.45. The maximum atomic E-state index is 12.0. The van der Waals surface area contributed by atoms with Crippen LogP contribution >= 0.6 is 11.6 Å². The van der Waals surface area contributed by atoms with Gasteiger partial charge in [-0.05, 0) is 38.0 Å². The Morgan fingerprint density at radius 1 is 1.47 bits per heavy atom. The predicted octanol–water partition coefficient (Wildman–Crippen LogP) is 1.77. The number of rotatable bonds is 4. The molecule has 5 heteroatoms. The van der Waals surface area contributed by atoms with Gasteiger partial charge in [0.15, 0.2) is 5.54 Å². The molecule has 4 atom stereocenters. The highest BCUT2D eigenvalue weighted by Gasteiger charge is 2.67. The number of hydrogen-bond acceptors (Lipinski definition) is 3. The van der Waals surface area contributed by atoms with Gasteiger partial charge in [-0.25, -0.2) is 4.79 Å². The average molecular weight is 284 g/mol. The molecule has 1 N–H and O–H groups in total. The van der Waals surface area contributed by atoms with Gasteiger partial charge in [-0.15, -0.1) is 11.6 Å². The minimum atomic E-state index is -0.778. The van der Waals surface area contributed by atoms with Crippen LogP contribution in [0.1, 0.15) is 32.1 Å². The van der Waals surface area contributed by atoms with Crippen LogP contribution in [0.2, 0.25) is 0 Å². The molecule has 1 aliphatic carbocycles. The summed E-state index contributed by atoms with van der Waals surface area (Å²) in [6, 6.07) is 0. The maximum Gasteiger partial charge on any atom is 0.336 e. The van der Waals surface area contributed by atoms with Crippen molar-refractivity contribution in [2.24, 2.45) is 11.8 Å². The van der Waals surface area contributed by atoms with Crippen molar-refractivity contribution in [2.45, 2.75) is 43.7 Å². The molecule has 0 aromatic rings. The summed E-state index contributed by atoms with van der Waals surface area (Å²) in [5, 5.41) is 2.89. The first kappa shape index (κ1) is 13.0. The topological polar surface area (TPSA) is 55.4 Å². The van der Waals surface area contributed by atoms with Gasteiger partial charge in [0.25, 0.3) is 0 Å². The van der Waals surface area contributed by atoms with Crippen molar-refractivity contribution < 1.29 is 14.3 Å². The summed E-state index contributed by atoms with van der Waals surface area (Å²) in [6.07, 6.45) is 8.58. The molecule has 19 heavy (non-hydrogen) atoms. The minimum absolute atomic E-state index is 0.0868. The second-order valence-electron chi connectivity index (χ2n) is 5.69. The molecule has 2 heterocycles. The van der Waals surface area contributed by atoms with Crippen molar-refractivity contribution in [3.05, 3.63) is 12.2 Å². The number of ether oxygens (including phenoxy) is 1. The van der Waals surface area contributed by atoms with Gasteiger partial charge in [-0.2, -0.15) is 0 Å². The number of allylic oxidation sites excluding steroid dienone is 2. The third-order valence-electron chi connectivity index (χ3n) is 4.49. The Balaban J connectivity index is 1.77. The molecule has 3 aliphatic rings. The monoisotopic (exact) mass is 283 g/mol. The SMILES string of the molecule is O=C1NC2(CC3C=CCCC3)C(=O)OC2C1CCCl. The molecule has 0 aromatic carbocycles. The van der Waals surface area contributed by atoms with Gasteiger partial charge in [0.05, 0.1) is 5.92 Å². The maximum absolute atomic E-state index is 12.0. The zero-order valence-electron chi connectivity index (χ0n) is 10.7. The molecule has 1 amide bonds. The lowest BCUT2D eigenvalue weighted by atomic mass is 9.75. The summed E-state index contributed by atoms with van der Waals surface area (Å²) in [6.45, 7) is 0. The molecular formula is C14H18ClNO3. The van der Waals surface area contributed by atoms with Crippen molar-refractivity contribution in [3.8, 4) is 0 Å². The van der Waals surface area contributed by atoms with E-state index in [0.29, 0.717) is 24.6 Å². The molecule has 0 bridgehead atoms. The van der Waals surface area contributed by atoms with E-state index in [2.05, 4.69) is 17.5 Å². The fourth-order valence-electron chi connectivity index (χ4n) is 3.49. The normalized spacial score (nSPS) is 40.4. The van der Waals surface area contributed by atoms with E-state index < -0.39 is 5.54 Å². The average Bonchev–Trinajstić information content (AvgIpc) is 2.62. The minimum Gasteiger partial charge on any atom is -0.457 e. The van der Waals surface area contributed by atoms with E-state index in [0.717, 1.165) is 19.3 Å². The zero-order valence-corrected chi connectivity index (χ0v) is 11.5. The Hall–Kier alpha value is -1.03. The van der Waals surface area contributed by atoms with E-state index in [9.17, 15) is 9.59 Å². The van der Waals surface area contributed by atoms with Crippen LogP contribution in [0.4, 0.5) is 0 Å². The number of amides is 1. The Morgan fingerprint density at radius 3 is 2.95 bits per heavy atom. The molecule has 2 saturated heterocycles. The van der Waals surface area contributed by atoms with Crippen molar-refractivity contribution >= 4 is 23.5 Å². The van der Waals surface area contributed by atoms with Gasteiger partial charge in [0.2, 0.25) is 5.91 Å². The molecule has 2 fully saturated rings. The Bertz CT molecular complexity index is 436. The first-order valence-electron chi connectivity index (χ1n) is 6.93. The fraction of sp³-hybridized carbons (Fsp3) is 0.714. The van der Waals surface area contributed by atoms with Crippen LogP contribution in [0.3, 0.4) is 0 Å². The number of halogens is 1. The lowest BCUT2D eigenvalue weighted by Gasteiger charge is -2.44. The molecule has 104 valence electrons. The molecule has 0 spiro atoms. The zero-order chi connectivity index (χ0) is 13.5. The smallest absolute Gasteiger partial charge is 0.336 e. The van der Waals surface area contributed by atoms with Gasteiger partial charge in [0.1, 0.15) is 6.10 Å². The number of nitrogens with one attached hydrogen (secondary N) is 1. The number of carbonyl (C=O) groups excluding carboxylic acids is 2. The molecule has 4 nitrogen and oxygen atoms in total. The van der Waals surface area contributed by atoms with E-state index in [1.807, 2.05) is 0 Å². The van der Waals surface area contributed by atoms with Crippen LogP contribution in [0, 0.1) is 11.8 Å². The molecule has 2 aliphatic heterocycles. The number of alkyl halides is 1. The second-order valence-corrected chi connectivity index (χ2v) is 6.07. The van der Waals surface area contributed by atoms with Crippen LogP contribution in [0.25, 0.3) is 0 Å². The molecule has 0 aromatic heterocycles. The number of esters is 1. The molecular weight excluding hydrogens is 266 g/mol. The summed E-state index contributed by atoms with van der Waals surface area (Å²) in [7, 11) is 0. The van der Waals surface area contributed by atoms with Crippen molar-refractivity contribution in [1.82, 2.24) is 5.32 Å². The fourth-order valence-corrected chi connectivity index (χ4v) is 3.73. The summed E-state index contributed by atoms with van der Waals surface area (Å²) < 4.78 is 5.24. The third kappa shape index (κ3) is 1.97. The standard InChI is InChI=1S/C14H18ClNO3/c15-7-6-10-11-14(13(18)19-11,16-12(10)17)8-9-4-2-1-3-5-9/h2,4,9-11H,1,3,5-8H2,(H,16,17). The quantitative estimate of drug-likeness (QED) is 0.486. The Morgan fingerprint density at radius 2 is 2.32 bits per heavy atom. The highest BCUT2D eigenvalue weighted by molar-refractivity contribution is 6.18. The Kier molecular flexibility index (Phi) is 3.29. The molecule has 3 rings (SSSR count). The largest absolute Gasteiger partial charge is 0.457 e. The van der Waals surface area contributed by atoms with E-state index in [1.165, 1.54) is 0 Å². The lowest BCUT2D eigenvalue weighted by Crippen LogP contribution is -2.67. The van der Waals surface area contributed by atoms with Crippen LogP contribution in [0.5, 0.6) is 0 Å². The second kappa shape index (κ2) is 4.82. The van der Waals surface area contributed by atoms with E-state index >= 15 is 0 Å². The number of hydrogen-bond donors (Lipinski definition) is 1. The number of fused-ring (bicyclic) bond motifs is 1. The summed E-state index contributed by atoms with van der Waals surface area (Å²) >= 11 is 5.73. The summed E-state index contributed by atoms with van der Waals surface area (Å²) in [5.74, 6) is 0.131. The van der Waals surface area contributed by atoms with Crippen LogP contribution in [-0.4, -0.2) is 29.4 Å². The molecule has 0 saturated carbocycles. The molecule has 4 unspecified atom stereocenters. The van der Waals surface area contributed by atoms with Gasteiger partial charge < -0.3 is 10.1 Å². The van der Waals surface area contributed by atoms with Gasteiger partial charge in [0, 0.05) is 5.88 Å². The van der Waals surface area contributed by atoms with Crippen LogP contribution in [-0.2, 0) is 14.3 Å². The predicted molar refractivity (Wildman–Crippen MR) is 70.7 cm³/mol. The summed E-state index contributed by atoms with van der Waals surface area (Å²) in [4.78, 5) is 23.9. The summed E-state index contributed by atoms with van der Waals surface area (Å²) in [5.41, 5.74) is -0.778. The van der Waals surface area contributed by atoms with E-state index in [1.54, 1.807) is 0 Å². The highest BCUT2D eigenvalue weighted by atomic mass is 35.5. The third-order valence-corrected chi connectivity index (χ3v) is 4.71. The van der Waals surface area contributed by atoms with Crippen LogP contribution < -0.4 is 5.32 Å². The van der Waals surface area contributed by atoms with E-state index in [4.69, 9.17) is 16.3 Å². The first-order valence-corrected chi connectivity index (χ1v) is 7.46. The van der Waals surface area contributed by atoms with Gasteiger partial charge in [-0.1, -0.05) is 12.2 Å². The van der Waals surface area contributed by atoms with Crippen molar-refractivity contribution in [3.63, 3.8) is 0 Å². The first-order chi connectivity index (χ1) is 9.17.